The molecular formula is C23H27N3O5S. The van der Waals surface area contributed by atoms with E-state index in [2.05, 4.69) is 9.71 Å². The molecule has 0 atom stereocenters. The smallest absolute Gasteiger partial charge is 0.263 e. The van der Waals surface area contributed by atoms with Gasteiger partial charge in [0.1, 0.15) is 11.9 Å². The van der Waals surface area contributed by atoms with Crippen LogP contribution < -0.4 is 14.2 Å². The molecule has 0 saturated carbocycles. The van der Waals surface area contributed by atoms with Gasteiger partial charge in [0.15, 0.2) is 11.5 Å². The average Bonchev–Trinajstić information content (AvgIpc) is 3.06. The number of fused-ring (bicyclic) bond motifs is 1. The van der Waals surface area contributed by atoms with Crippen molar-refractivity contribution in [1.82, 2.24) is 9.62 Å². The third kappa shape index (κ3) is 4.88. The Hall–Kier alpha value is -3.07. The maximum Gasteiger partial charge on any atom is 0.263 e. The van der Waals surface area contributed by atoms with Crippen LogP contribution in [0.2, 0.25) is 0 Å². The van der Waals surface area contributed by atoms with Crippen molar-refractivity contribution in [3.05, 3.63) is 54.1 Å². The summed E-state index contributed by atoms with van der Waals surface area (Å²) in [6.45, 7) is 3.97. The van der Waals surface area contributed by atoms with Gasteiger partial charge in [0.25, 0.3) is 10.0 Å². The van der Waals surface area contributed by atoms with Gasteiger partial charge in [-0.05, 0) is 31.2 Å². The second-order valence-electron chi connectivity index (χ2n) is 7.66. The summed E-state index contributed by atoms with van der Waals surface area (Å²) in [5, 5.41) is 0. The van der Waals surface area contributed by atoms with Crippen LogP contribution in [0.3, 0.4) is 0 Å². The number of sulfonamides is 1. The van der Waals surface area contributed by atoms with Crippen LogP contribution in [0.1, 0.15) is 31.7 Å². The third-order valence-electron chi connectivity index (χ3n) is 5.50. The highest BCUT2D eigenvalue weighted by Crippen LogP contribution is 2.29. The van der Waals surface area contributed by atoms with Crippen molar-refractivity contribution >= 4 is 21.8 Å². The molecule has 2 aliphatic rings. The predicted molar refractivity (Wildman–Crippen MR) is 121 cm³/mol. The minimum Gasteiger partial charge on any atom is -0.490 e. The van der Waals surface area contributed by atoms with Crippen LogP contribution in [0.5, 0.6) is 11.5 Å². The number of rotatable bonds is 7. The van der Waals surface area contributed by atoms with Crippen molar-refractivity contribution in [3.8, 4) is 11.5 Å². The molecule has 9 heteroatoms. The lowest BCUT2D eigenvalue weighted by molar-refractivity contribution is -0.132. The van der Waals surface area contributed by atoms with Crippen molar-refractivity contribution in [1.29, 1.82) is 0 Å². The molecule has 0 bridgehead atoms. The first-order chi connectivity index (χ1) is 15.5. The minimum absolute atomic E-state index is 0.0108. The zero-order valence-corrected chi connectivity index (χ0v) is 18.8. The molecule has 170 valence electrons. The molecule has 8 nitrogen and oxygen atoms in total. The quantitative estimate of drug-likeness (QED) is 0.689. The van der Waals surface area contributed by atoms with E-state index in [0.717, 1.165) is 24.3 Å². The summed E-state index contributed by atoms with van der Waals surface area (Å²) in [7, 11) is -3.56. The molecule has 32 heavy (non-hydrogen) atoms. The SMILES string of the molecule is CCOc1ccccc1OC1CCN(C(=O)CCN=C2NS(=O)(=O)c3ccccc32)CC1. The molecular weight excluding hydrogens is 430 g/mol. The number of likely N-dealkylation sites (tertiary alicyclic amines) is 1. The van der Waals surface area contributed by atoms with Crippen LogP contribution >= 0.6 is 0 Å². The monoisotopic (exact) mass is 457 g/mol. The number of nitrogens with zero attached hydrogens (tertiary/aromatic N) is 2. The van der Waals surface area contributed by atoms with E-state index in [4.69, 9.17) is 9.47 Å². The second-order valence-corrected chi connectivity index (χ2v) is 9.31. The van der Waals surface area contributed by atoms with Crippen molar-refractivity contribution in [2.24, 2.45) is 4.99 Å². The van der Waals surface area contributed by atoms with Gasteiger partial charge in [-0.25, -0.2) is 8.42 Å². The highest BCUT2D eigenvalue weighted by molar-refractivity contribution is 7.90. The molecule has 4 rings (SSSR count). The molecule has 0 spiro atoms. The first kappa shape index (κ1) is 22.1. The number of aliphatic imine (C=N–C) groups is 1. The Bertz CT molecular complexity index is 1110. The van der Waals surface area contributed by atoms with E-state index >= 15 is 0 Å². The van der Waals surface area contributed by atoms with Crippen LogP contribution in [0, 0.1) is 0 Å². The van der Waals surface area contributed by atoms with E-state index < -0.39 is 10.0 Å². The average molecular weight is 458 g/mol. The van der Waals surface area contributed by atoms with E-state index in [-0.39, 0.29) is 29.9 Å². The maximum atomic E-state index is 12.6. The minimum atomic E-state index is -3.56. The van der Waals surface area contributed by atoms with Gasteiger partial charge in [-0.1, -0.05) is 24.3 Å². The summed E-state index contributed by atoms with van der Waals surface area (Å²) in [6.07, 6.45) is 1.75. The number of para-hydroxylation sites is 2. The Kier molecular flexibility index (Phi) is 6.64. The van der Waals surface area contributed by atoms with Gasteiger partial charge < -0.3 is 14.4 Å². The fourth-order valence-electron chi connectivity index (χ4n) is 3.90. The lowest BCUT2D eigenvalue weighted by Crippen LogP contribution is -2.42. The van der Waals surface area contributed by atoms with Gasteiger partial charge in [-0.15, -0.1) is 0 Å². The van der Waals surface area contributed by atoms with Gasteiger partial charge in [0.2, 0.25) is 5.91 Å². The molecule has 0 aromatic heterocycles. The van der Waals surface area contributed by atoms with Crippen LogP contribution in [-0.2, 0) is 14.8 Å². The molecule has 0 aliphatic carbocycles. The van der Waals surface area contributed by atoms with Crippen LogP contribution in [0.4, 0.5) is 0 Å². The van der Waals surface area contributed by atoms with Crippen molar-refractivity contribution in [3.63, 3.8) is 0 Å². The van der Waals surface area contributed by atoms with Gasteiger partial charge in [-0.3, -0.25) is 14.5 Å². The van der Waals surface area contributed by atoms with Crippen LogP contribution in [0.15, 0.2) is 58.4 Å². The molecule has 2 aromatic carbocycles. The Labute approximate surface area is 188 Å². The van der Waals surface area contributed by atoms with Gasteiger partial charge in [0.05, 0.1) is 18.0 Å². The zero-order chi connectivity index (χ0) is 22.6. The topological polar surface area (TPSA) is 97.3 Å². The number of piperidine rings is 1. The largest absolute Gasteiger partial charge is 0.490 e. The highest BCUT2D eigenvalue weighted by atomic mass is 32.2. The standard InChI is InChI=1S/C23H27N3O5S/c1-2-30-19-8-4-5-9-20(19)31-17-12-15-26(16-13-17)22(27)11-14-24-23-18-7-3-6-10-21(18)32(28,29)25-23/h3-10,17H,2,11-16H2,1H3,(H,24,25). The number of hydrogen-bond acceptors (Lipinski definition) is 6. The number of carbonyl (C=O) groups excluding carboxylic acids is 1. The normalized spacial score (nSPS) is 18.8. The van der Waals surface area contributed by atoms with Crippen LogP contribution in [0.25, 0.3) is 0 Å². The Morgan fingerprint density at radius 1 is 1.09 bits per heavy atom. The molecule has 1 saturated heterocycles. The molecule has 1 N–H and O–H groups in total. The van der Waals surface area contributed by atoms with E-state index in [0.29, 0.717) is 31.1 Å². The first-order valence-corrected chi connectivity index (χ1v) is 12.3. The molecule has 2 aromatic rings. The number of amidine groups is 1. The van der Waals surface area contributed by atoms with E-state index in [9.17, 15) is 13.2 Å². The van der Waals surface area contributed by atoms with Gasteiger partial charge in [0, 0.05) is 37.9 Å². The number of carbonyl (C=O) groups is 1. The molecule has 0 unspecified atom stereocenters. The number of nitrogens with one attached hydrogen (secondary N) is 1. The summed E-state index contributed by atoms with van der Waals surface area (Å²) in [5.74, 6) is 1.77. The molecule has 2 aliphatic heterocycles. The fourth-order valence-corrected chi connectivity index (χ4v) is 5.15. The highest BCUT2D eigenvalue weighted by Gasteiger charge is 2.30. The maximum absolute atomic E-state index is 12.6. The second kappa shape index (κ2) is 9.60. The predicted octanol–water partition coefficient (Wildman–Crippen LogP) is 2.58. The first-order valence-electron chi connectivity index (χ1n) is 10.8. The summed E-state index contributed by atoms with van der Waals surface area (Å²) < 4.78 is 38.5. The van der Waals surface area contributed by atoms with Crippen molar-refractivity contribution in [2.45, 2.75) is 37.2 Å². The van der Waals surface area contributed by atoms with Crippen molar-refractivity contribution < 1.29 is 22.7 Å². The molecule has 1 fully saturated rings. The summed E-state index contributed by atoms with van der Waals surface area (Å²) >= 11 is 0. The molecule has 1 amide bonds. The number of benzene rings is 2. The Morgan fingerprint density at radius 2 is 1.78 bits per heavy atom. The van der Waals surface area contributed by atoms with Gasteiger partial charge >= 0.3 is 0 Å². The zero-order valence-electron chi connectivity index (χ0n) is 18.0. The Balaban J connectivity index is 1.27. The van der Waals surface area contributed by atoms with Gasteiger partial charge in [-0.2, -0.15) is 0 Å². The number of amides is 1. The van der Waals surface area contributed by atoms with Crippen molar-refractivity contribution in [2.75, 3.05) is 26.2 Å². The molecule has 0 radical (unpaired) electrons. The summed E-state index contributed by atoms with van der Waals surface area (Å²) in [5.41, 5.74) is 0.547. The molecule has 2 heterocycles. The Morgan fingerprint density at radius 3 is 2.53 bits per heavy atom. The lowest BCUT2D eigenvalue weighted by Gasteiger charge is -2.32. The summed E-state index contributed by atoms with van der Waals surface area (Å²) in [4.78, 5) is 19.0. The van der Waals surface area contributed by atoms with E-state index in [1.807, 2.05) is 36.1 Å². The lowest BCUT2D eigenvalue weighted by atomic mass is 10.1. The van der Waals surface area contributed by atoms with Crippen LogP contribution in [-0.4, -0.2) is 57.4 Å². The summed E-state index contributed by atoms with van der Waals surface area (Å²) in [6, 6.07) is 14.3. The van der Waals surface area contributed by atoms with E-state index in [1.165, 1.54) is 0 Å². The number of ether oxygens (including phenoxy) is 2. The fraction of sp³-hybridized carbons (Fsp3) is 0.391. The van der Waals surface area contributed by atoms with E-state index in [1.54, 1.807) is 24.3 Å². The number of hydrogen-bond donors (Lipinski definition) is 1. The third-order valence-corrected chi connectivity index (χ3v) is 6.89.